The van der Waals surface area contributed by atoms with Gasteiger partial charge in [-0.2, -0.15) is 4.98 Å². The normalized spacial score (nSPS) is 11.1. The molecular formula is C24H21N5O3S. The first-order chi connectivity index (χ1) is 16.3. The summed E-state index contributed by atoms with van der Waals surface area (Å²) in [5.74, 6) is 3.59. The largest absolute Gasteiger partial charge is 0.494 e. The highest BCUT2D eigenvalue weighted by Crippen LogP contribution is 2.28. The van der Waals surface area contributed by atoms with Crippen LogP contribution in [0, 0.1) is 0 Å². The minimum absolute atomic E-state index is 0.424. The number of nitrogens with zero attached hydrogens (tertiary/aromatic N) is 5. The van der Waals surface area contributed by atoms with E-state index >= 15 is 0 Å². The van der Waals surface area contributed by atoms with Crippen molar-refractivity contribution in [3.05, 3.63) is 90.3 Å². The quantitative estimate of drug-likeness (QED) is 0.278. The van der Waals surface area contributed by atoms with E-state index in [-0.39, 0.29) is 0 Å². The summed E-state index contributed by atoms with van der Waals surface area (Å²) in [7, 11) is 0. The molecule has 8 nitrogen and oxygen atoms in total. The summed E-state index contributed by atoms with van der Waals surface area (Å²) >= 11 is 1.48. The number of hydrogen-bond donors (Lipinski definition) is 0. The highest BCUT2D eigenvalue weighted by molar-refractivity contribution is 7.98. The average molecular weight is 460 g/mol. The van der Waals surface area contributed by atoms with Crippen molar-refractivity contribution >= 4 is 11.8 Å². The lowest BCUT2D eigenvalue weighted by atomic mass is 10.1. The first-order valence-electron chi connectivity index (χ1n) is 10.5. The summed E-state index contributed by atoms with van der Waals surface area (Å²) in [5, 5.41) is 13.7. The molecule has 5 rings (SSSR count). The molecule has 2 aromatic carbocycles. The molecule has 0 fully saturated rings. The van der Waals surface area contributed by atoms with E-state index in [1.54, 1.807) is 18.4 Å². The van der Waals surface area contributed by atoms with E-state index in [1.165, 1.54) is 11.8 Å². The van der Waals surface area contributed by atoms with Crippen LogP contribution in [0.3, 0.4) is 0 Å². The molecule has 33 heavy (non-hydrogen) atoms. The van der Waals surface area contributed by atoms with Crippen LogP contribution >= 0.6 is 11.8 Å². The Kier molecular flexibility index (Phi) is 6.21. The number of benzene rings is 2. The van der Waals surface area contributed by atoms with Crippen molar-refractivity contribution in [3.8, 4) is 23.0 Å². The van der Waals surface area contributed by atoms with Crippen LogP contribution in [-0.4, -0.2) is 31.5 Å². The van der Waals surface area contributed by atoms with Crippen LogP contribution < -0.4 is 4.74 Å². The second-order valence-electron chi connectivity index (χ2n) is 7.10. The zero-order valence-corrected chi connectivity index (χ0v) is 18.7. The van der Waals surface area contributed by atoms with Crippen LogP contribution in [0.4, 0.5) is 0 Å². The molecule has 0 aliphatic carbocycles. The van der Waals surface area contributed by atoms with Gasteiger partial charge in [0.05, 0.1) is 18.6 Å². The number of hydrogen-bond acceptors (Lipinski definition) is 8. The van der Waals surface area contributed by atoms with Gasteiger partial charge in [-0.25, -0.2) is 0 Å². The predicted octanol–water partition coefficient (Wildman–Crippen LogP) is 5.19. The molecule has 0 spiro atoms. The van der Waals surface area contributed by atoms with Crippen LogP contribution in [0.2, 0.25) is 0 Å². The van der Waals surface area contributed by atoms with E-state index in [0.29, 0.717) is 36.3 Å². The first-order valence-corrected chi connectivity index (χ1v) is 11.5. The van der Waals surface area contributed by atoms with Gasteiger partial charge in [-0.1, -0.05) is 47.3 Å². The van der Waals surface area contributed by atoms with Gasteiger partial charge >= 0.3 is 0 Å². The molecule has 0 atom stereocenters. The molecule has 5 aromatic rings. The number of ether oxygens (including phenoxy) is 1. The molecule has 0 aliphatic rings. The number of thioether (sulfide) groups is 1. The summed E-state index contributed by atoms with van der Waals surface area (Å²) in [6.07, 6.45) is 2.23. The van der Waals surface area contributed by atoms with E-state index < -0.39 is 0 Å². The molecule has 0 N–H and O–H groups in total. The third kappa shape index (κ3) is 4.83. The lowest BCUT2D eigenvalue weighted by Gasteiger charge is -2.11. The standard InChI is InChI=1S/C24H21N5O3S/c1-2-30-19-12-10-18(11-13-19)29-21(15-17-7-4-3-5-8-17)26-27-24(29)33-16-22-25-23(28-32-22)20-9-6-14-31-20/h3-14H,2,15-16H2,1H3. The lowest BCUT2D eigenvalue weighted by Crippen LogP contribution is -2.04. The number of aromatic nitrogens is 5. The fraction of sp³-hybridized carbons (Fsp3) is 0.167. The second kappa shape index (κ2) is 9.74. The topological polar surface area (TPSA) is 92.0 Å². The van der Waals surface area contributed by atoms with Gasteiger partial charge in [0.2, 0.25) is 11.7 Å². The van der Waals surface area contributed by atoms with Gasteiger partial charge in [0.1, 0.15) is 11.6 Å². The van der Waals surface area contributed by atoms with Crippen molar-refractivity contribution in [2.75, 3.05) is 6.61 Å². The Morgan fingerprint density at radius 1 is 0.970 bits per heavy atom. The van der Waals surface area contributed by atoms with E-state index in [9.17, 15) is 0 Å². The van der Waals surface area contributed by atoms with Crippen LogP contribution in [0.25, 0.3) is 17.3 Å². The van der Waals surface area contributed by atoms with Crippen molar-refractivity contribution < 1.29 is 13.7 Å². The molecule has 3 heterocycles. The van der Waals surface area contributed by atoms with Gasteiger partial charge in [0.15, 0.2) is 10.9 Å². The van der Waals surface area contributed by atoms with Crippen LogP contribution in [-0.2, 0) is 12.2 Å². The Balaban J connectivity index is 1.41. The van der Waals surface area contributed by atoms with Gasteiger partial charge in [-0.3, -0.25) is 4.57 Å². The summed E-state index contributed by atoms with van der Waals surface area (Å²) in [4.78, 5) is 4.41. The molecule has 0 amide bonds. The number of rotatable bonds is 9. The third-order valence-corrected chi connectivity index (χ3v) is 5.76. The fourth-order valence-corrected chi connectivity index (χ4v) is 4.16. The SMILES string of the molecule is CCOc1ccc(-n2c(Cc3ccccc3)nnc2SCc2nc(-c3ccco3)no2)cc1. The molecule has 0 saturated heterocycles. The Morgan fingerprint density at radius 3 is 2.58 bits per heavy atom. The van der Waals surface area contributed by atoms with Gasteiger partial charge in [-0.15, -0.1) is 10.2 Å². The van der Waals surface area contributed by atoms with E-state index in [2.05, 4.69) is 37.0 Å². The maximum Gasteiger partial charge on any atom is 0.238 e. The van der Waals surface area contributed by atoms with Crippen LogP contribution in [0.15, 0.2) is 87.1 Å². The van der Waals surface area contributed by atoms with Crippen molar-refractivity contribution in [2.24, 2.45) is 0 Å². The smallest absolute Gasteiger partial charge is 0.238 e. The first kappa shape index (κ1) is 21.0. The van der Waals surface area contributed by atoms with Gasteiger partial charge in [-0.05, 0) is 48.9 Å². The maximum atomic E-state index is 5.59. The van der Waals surface area contributed by atoms with E-state index in [4.69, 9.17) is 13.7 Å². The molecule has 0 saturated carbocycles. The Bertz CT molecular complexity index is 1300. The highest BCUT2D eigenvalue weighted by Gasteiger charge is 2.17. The summed E-state index contributed by atoms with van der Waals surface area (Å²) in [6.45, 7) is 2.59. The van der Waals surface area contributed by atoms with Gasteiger partial charge < -0.3 is 13.7 Å². The Morgan fingerprint density at radius 2 is 1.82 bits per heavy atom. The summed E-state index contributed by atoms with van der Waals surface area (Å²) in [5.41, 5.74) is 2.12. The molecule has 0 radical (unpaired) electrons. The van der Waals surface area contributed by atoms with Crippen LogP contribution in [0.5, 0.6) is 5.75 Å². The van der Waals surface area contributed by atoms with Crippen LogP contribution in [0.1, 0.15) is 24.2 Å². The van der Waals surface area contributed by atoms with Crippen molar-refractivity contribution in [1.82, 2.24) is 24.9 Å². The molecule has 3 aromatic heterocycles. The van der Waals surface area contributed by atoms with E-state index in [1.807, 2.05) is 49.4 Å². The third-order valence-electron chi connectivity index (χ3n) is 4.85. The maximum absolute atomic E-state index is 5.59. The summed E-state index contributed by atoms with van der Waals surface area (Å²) < 4.78 is 18.4. The zero-order chi connectivity index (χ0) is 22.5. The minimum atomic E-state index is 0.424. The molecular weight excluding hydrogens is 438 g/mol. The van der Waals surface area contributed by atoms with Crippen molar-refractivity contribution in [1.29, 1.82) is 0 Å². The van der Waals surface area contributed by atoms with Crippen molar-refractivity contribution in [3.63, 3.8) is 0 Å². The van der Waals surface area contributed by atoms with Gasteiger partial charge in [0, 0.05) is 12.1 Å². The monoisotopic (exact) mass is 459 g/mol. The second-order valence-corrected chi connectivity index (χ2v) is 8.04. The minimum Gasteiger partial charge on any atom is -0.494 e. The zero-order valence-electron chi connectivity index (χ0n) is 17.9. The fourth-order valence-electron chi connectivity index (χ4n) is 3.35. The van der Waals surface area contributed by atoms with Crippen molar-refractivity contribution in [2.45, 2.75) is 24.3 Å². The molecule has 166 valence electrons. The predicted molar refractivity (Wildman–Crippen MR) is 123 cm³/mol. The molecule has 9 heteroatoms. The highest BCUT2D eigenvalue weighted by atomic mass is 32.2. The Hall–Kier alpha value is -3.85. The molecule has 0 aliphatic heterocycles. The molecule has 0 unspecified atom stereocenters. The average Bonchev–Trinajstić information content (AvgIpc) is 3.60. The lowest BCUT2D eigenvalue weighted by molar-refractivity contribution is 0.340. The van der Waals surface area contributed by atoms with E-state index in [0.717, 1.165) is 28.0 Å². The summed E-state index contributed by atoms with van der Waals surface area (Å²) in [6, 6.07) is 21.7. The number of furan rings is 1. The molecule has 0 bridgehead atoms. The van der Waals surface area contributed by atoms with Gasteiger partial charge in [0.25, 0.3) is 0 Å². The Labute approximate surface area is 194 Å².